The number of hydrogen-bond donors (Lipinski definition) is 1. The van der Waals surface area contributed by atoms with E-state index in [0.29, 0.717) is 11.5 Å². The average Bonchev–Trinajstić information content (AvgIpc) is 2.31. The first-order valence-corrected chi connectivity index (χ1v) is 6.50. The number of halogens is 1. The van der Waals surface area contributed by atoms with E-state index in [9.17, 15) is 4.79 Å². The van der Waals surface area contributed by atoms with Crippen LogP contribution in [0, 0.1) is 5.92 Å². The fraction of sp³-hybridized carbons (Fsp3) is 0.462. The molecule has 88 valence electrons. The molecule has 0 aliphatic heterocycles. The minimum absolute atomic E-state index is 0.0133. The molecule has 0 aliphatic rings. The zero-order chi connectivity index (χ0) is 12.0. The molecule has 1 rings (SSSR count). The highest BCUT2D eigenvalue weighted by Crippen LogP contribution is 2.11. The van der Waals surface area contributed by atoms with Crippen LogP contribution in [0.1, 0.15) is 37.0 Å². The molecule has 0 fully saturated rings. The summed E-state index contributed by atoms with van der Waals surface area (Å²) in [7, 11) is 0. The Bertz CT molecular complexity index is 330. The molecule has 1 N–H and O–H groups in total. The molecule has 0 heterocycles. The van der Waals surface area contributed by atoms with Gasteiger partial charge in [-0.3, -0.25) is 4.79 Å². The first-order valence-electron chi connectivity index (χ1n) is 5.71. The molecule has 1 aromatic carbocycles. The lowest BCUT2D eigenvalue weighted by molar-refractivity contribution is 0.0946. The highest BCUT2D eigenvalue weighted by molar-refractivity contribution is 9.10. The van der Waals surface area contributed by atoms with Crippen molar-refractivity contribution in [2.45, 2.75) is 26.7 Å². The highest BCUT2D eigenvalue weighted by Gasteiger charge is 2.08. The molecule has 0 atom stereocenters. The zero-order valence-corrected chi connectivity index (χ0v) is 11.4. The van der Waals surface area contributed by atoms with E-state index in [1.165, 1.54) is 0 Å². The Balaban J connectivity index is 2.49. The van der Waals surface area contributed by atoms with E-state index in [1.807, 2.05) is 24.3 Å². The average molecular weight is 284 g/mol. The van der Waals surface area contributed by atoms with Gasteiger partial charge >= 0.3 is 0 Å². The lowest BCUT2D eigenvalue weighted by atomic mass is 10.0. The molecule has 16 heavy (non-hydrogen) atoms. The van der Waals surface area contributed by atoms with Crippen LogP contribution in [0.25, 0.3) is 0 Å². The van der Waals surface area contributed by atoms with Crippen LogP contribution < -0.4 is 5.32 Å². The summed E-state index contributed by atoms with van der Waals surface area (Å²) in [6.07, 6.45) is 2.22. The van der Waals surface area contributed by atoms with E-state index in [-0.39, 0.29) is 5.91 Å². The monoisotopic (exact) mass is 283 g/mol. The first-order chi connectivity index (χ1) is 7.67. The number of carbonyl (C=O) groups excluding carboxylic acids is 1. The van der Waals surface area contributed by atoms with Gasteiger partial charge < -0.3 is 5.32 Å². The molecule has 0 aliphatic carbocycles. The summed E-state index contributed by atoms with van der Waals surface area (Å²) in [5.74, 6) is 0.596. The van der Waals surface area contributed by atoms with Crippen LogP contribution in [0.15, 0.2) is 28.7 Å². The second-order valence-electron chi connectivity index (χ2n) is 3.90. The number of nitrogens with one attached hydrogen (secondary N) is 1. The molecule has 0 aromatic heterocycles. The summed E-state index contributed by atoms with van der Waals surface area (Å²) in [4.78, 5) is 11.8. The Morgan fingerprint density at radius 3 is 2.31 bits per heavy atom. The molecular formula is C13H18BrNO. The van der Waals surface area contributed by atoms with Crippen molar-refractivity contribution in [1.29, 1.82) is 0 Å². The van der Waals surface area contributed by atoms with Gasteiger partial charge in [-0.2, -0.15) is 0 Å². The Morgan fingerprint density at radius 1 is 1.25 bits per heavy atom. The molecule has 1 amide bonds. The first kappa shape index (κ1) is 13.2. The smallest absolute Gasteiger partial charge is 0.251 e. The van der Waals surface area contributed by atoms with Crippen LogP contribution in [0.4, 0.5) is 0 Å². The van der Waals surface area contributed by atoms with E-state index >= 15 is 0 Å². The van der Waals surface area contributed by atoms with Crippen molar-refractivity contribution in [3.05, 3.63) is 34.3 Å². The van der Waals surface area contributed by atoms with Crippen LogP contribution in [-0.2, 0) is 0 Å². The van der Waals surface area contributed by atoms with Crippen molar-refractivity contribution < 1.29 is 4.79 Å². The van der Waals surface area contributed by atoms with Gasteiger partial charge in [0.15, 0.2) is 0 Å². The third-order valence-corrected chi connectivity index (χ3v) is 3.34. The topological polar surface area (TPSA) is 29.1 Å². The van der Waals surface area contributed by atoms with Crippen molar-refractivity contribution in [3.63, 3.8) is 0 Å². The third kappa shape index (κ3) is 3.97. The minimum atomic E-state index is 0.0133. The fourth-order valence-electron chi connectivity index (χ4n) is 1.52. The lowest BCUT2D eigenvalue weighted by Gasteiger charge is -2.13. The maximum atomic E-state index is 11.8. The second kappa shape index (κ2) is 6.69. The standard InChI is InChI=1S/C13H18BrNO/c1-3-10(4-2)9-15-13(16)11-5-7-12(14)8-6-11/h5-8,10H,3-4,9H2,1-2H3,(H,15,16). The maximum Gasteiger partial charge on any atom is 0.251 e. The Kier molecular flexibility index (Phi) is 5.53. The largest absolute Gasteiger partial charge is 0.352 e. The molecule has 2 nitrogen and oxygen atoms in total. The fourth-order valence-corrected chi connectivity index (χ4v) is 1.78. The van der Waals surface area contributed by atoms with Crippen LogP contribution in [0.3, 0.4) is 0 Å². The molecule has 3 heteroatoms. The van der Waals surface area contributed by atoms with Crippen LogP contribution in [-0.4, -0.2) is 12.5 Å². The van der Waals surface area contributed by atoms with Crippen molar-refractivity contribution in [2.75, 3.05) is 6.54 Å². The molecule has 0 unspecified atom stereocenters. The van der Waals surface area contributed by atoms with Gasteiger partial charge in [0.25, 0.3) is 5.91 Å². The molecule has 0 bridgehead atoms. The minimum Gasteiger partial charge on any atom is -0.352 e. The molecule has 0 saturated carbocycles. The number of hydrogen-bond acceptors (Lipinski definition) is 1. The van der Waals surface area contributed by atoms with Crippen LogP contribution in [0.2, 0.25) is 0 Å². The van der Waals surface area contributed by atoms with Crippen molar-refractivity contribution in [2.24, 2.45) is 5.92 Å². The second-order valence-corrected chi connectivity index (χ2v) is 4.82. The third-order valence-electron chi connectivity index (χ3n) is 2.81. The summed E-state index contributed by atoms with van der Waals surface area (Å²) in [6.45, 7) is 5.07. The van der Waals surface area contributed by atoms with Crippen LogP contribution >= 0.6 is 15.9 Å². The molecule has 0 saturated heterocycles. The molecule has 0 radical (unpaired) electrons. The van der Waals surface area contributed by atoms with Gasteiger partial charge in [0.2, 0.25) is 0 Å². The van der Waals surface area contributed by atoms with E-state index < -0.39 is 0 Å². The highest BCUT2D eigenvalue weighted by atomic mass is 79.9. The lowest BCUT2D eigenvalue weighted by Crippen LogP contribution is -2.28. The maximum absolute atomic E-state index is 11.8. The van der Waals surface area contributed by atoms with E-state index in [4.69, 9.17) is 0 Å². The quantitative estimate of drug-likeness (QED) is 0.879. The Hall–Kier alpha value is -0.830. The van der Waals surface area contributed by atoms with Gasteiger partial charge in [-0.05, 0) is 30.2 Å². The van der Waals surface area contributed by atoms with Crippen LogP contribution in [0.5, 0.6) is 0 Å². The molecule has 0 spiro atoms. The summed E-state index contributed by atoms with van der Waals surface area (Å²) < 4.78 is 0.990. The van der Waals surface area contributed by atoms with Crippen molar-refractivity contribution in [3.8, 4) is 0 Å². The van der Waals surface area contributed by atoms with E-state index in [2.05, 4.69) is 35.1 Å². The number of benzene rings is 1. The summed E-state index contributed by atoms with van der Waals surface area (Å²) in [5, 5.41) is 2.97. The predicted octanol–water partition coefficient (Wildman–Crippen LogP) is 3.62. The molecule has 1 aromatic rings. The van der Waals surface area contributed by atoms with Gasteiger partial charge in [-0.15, -0.1) is 0 Å². The van der Waals surface area contributed by atoms with Gasteiger partial charge in [-0.25, -0.2) is 0 Å². The molecular weight excluding hydrogens is 266 g/mol. The van der Waals surface area contributed by atoms with Gasteiger partial charge in [0.1, 0.15) is 0 Å². The zero-order valence-electron chi connectivity index (χ0n) is 9.79. The SMILES string of the molecule is CCC(CC)CNC(=O)c1ccc(Br)cc1. The summed E-state index contributed by atoms with van der Waals surface area (Å²) >= 11 is 3.35. The van der Waals surface area contributed by atoms with E-state index in [1.54, 1.807) is 0 Å². The van der Waals surface area contributed by atoms with Gasteiger partial charge in [0, 0.05) is 16.6 Å². The van der Waals surface area contributed by atoms with Crippen molar-refractivity contribution in [1.82, 2.24) is 5.32 Å². The number of carbonyl (C=O) groups is 1. The van der Waals surface area contributed by atoms with Gasteiger partial charge in [0.05, 0.1) is 0 Å². The van der Waals surface area contributed by atoms with E-state index in [0.717, 1.165) is 23.9 Å². The van der Waals surface area contributed by atoms with Crippen molar-refractivity contribution >= 4 is 21.8 Å². The van der Waals surface area contributed by atoms with Gasteiger partial charge in [-0.1, -0.05) is 42.6 Å². The normalized spacial score (nSPS) is 10.5. The number of rotatable bonds is 5. The number of amides is 1. The Morgan fingerprint density at radius 2 is 1.81 bits per heavy atom. The Labute approximate surface area is 106 Å². The summed E-state index contributed by atoms with van der Waals surface area (Å²) in [5.41, 5.74) is 0.717. The summed E-state index contributed by atoms with van der Waals surface area (Å²) in [6, 6.07) is 7.41. The predicted molar refractivity (Wildman–Crippen MR) is 70.5 cm³/mol.